The zero-order valence-electron chi connectivity index (χ0n) is 17.8. The van der Waals surface area contributed by atoms with Crippen LogP contribution in [-0.4, -0.2) is 46.3 Å². The Morgan fingerprint density at radius 1 is 1.23 bits per heavy atom. The summed E-state index contributed by atoms with van der Waals surface area (Å²) in [6.07, 6.45) is 3.32. The lowest BCUT2D eigenvalue weighted by molar-refractivity contribution is 0.324. The standard InChI is InChI=1S/C20H25N9O/c1-6-30-20-14(7-8-23-25-20)15-9-16(21-10-17-22-11-28(5)27-17)19-18(24-15)13(4)26-29(19)12(2)3/h7-9,11-12H,6,10H2,1-5H3,(H,21,24). The molecular weight excluding hydrogens is 382 g/mol. The van der Waals surface area contributed by atoms with E-state index < -0.39 is 0 Å². The van der Waals surface area contributed by atoms with Crippen molar-refractivity contribution in [3.63, 3.8) is 0 Å². The molecule has 0 aromatic carbocycles. The predicted molar refractivity (Wildman–Crippen MR) is 113 cm³/mol. The van der Waals surface area contributed by atoms with Gasteiger partial charge in [0.05, 0.1) is 42.0 Å². The Hall–Kier alpha value is -3.56. The molecule has 4 aromatic heterocycles. The second kappa shape index (κ2) is 8.05. The van der Waals surface area contributed by atoms with Gasteiger partial charge in [0.25, 0.3) is 0 Å². The number of rotatable bonds is 7. The Balaban J connectivity index is 1.86. The molecule has 30 heavy (non-hydrogen) atoms. The van der Waals surface area contributed by atoms with Crippen molar-refractivity contribution in [1.82, 2.24) is 39.7 Å². The third kappa shape index (κ3) is 3.68. The van der Waals surface area contributed by atoms with Crippen molar-refractivity contribution < 1.29 is 4.74 Å². The summed E-state index contributed by atoms with van der Waals surface area (Å²) in [5.74, 6) is 1.16. The van der Waals surface area contributed by atoms with E-state index in [1.165, 1.54) is 0 Å². The lowest BCUT2D eigenvalue weighted by atomic mass is 10.1. The normalized spacial score (nSPS) is 11.4. The first kappa shape index (κ1) is 19.7. The molecule has 0 aliphatic heterocycles. The summed E-state index contributed by atoms with van der Waals surface area (Å²) in [7, 11) is 1.85. The number of hydrogen-bond acceptors (Lipinski definition) is 8. The number of anilines is 1. The van der Waals surface area contributed by atoms with Gasteiger partial charge in [0.1, 0.15) is 17.4 Å². The second-order valence-electron chi connectivity index (χ2n) is 7.25. The molecule has 0 aliphatic carbocycles. The van der Waals surface area contributed by atoms with Crippen LogP contribution in [0.25, 0.3) is 22.3 Å². The van der Waals surface area contributed by atoms with E-state index in [0.29, 0.717) is 24.9 Å². The Bertz CT molecular complexity index is 1180. The molecule has 0 aliphatic rings. The molecule has 10 heteroatoms. The van der Waals surface area contributed by atoms with Crippen molar-refractivity contribution in [2.24, 2.45) is 7.05 Å². The highest BCUT2D eigenvalue weighted by Gasteiger charge is 2.19. The predicted octanol–water partition coefficient (Wildman–Crippen LogP) is 2.92. The molecule has 0 fully saturated rings. The van der Waals surface area contributed by atoms with Crippen molar-refractivity contribution >= 4 is 16.7 Å². The molecule has 4 aromatic rings. The number of aryl methyl sites for hydroxylation is 2. The molecule has 1 N–H and O–H groups in total. The van der Waals surface area contributed by atoms with Crippen LogP contribution < -0.4 is 10.1 Å². The average Bonchev–Trinajstić information content (AvgIpc) is 3.30. The molecule has 0 spiro atoms. The van der Waals surface area contributed by atoms with Gasteiger partial charge in [0.15, 0.2) is 5.82 Å². The van der Waals surface area contributed by atoms with Crippen LogP contribution in [0.2, 0.25) is 0 Å². The van der Waals surface area contributed by atoms with Gasteiger partial charge in [0.2, 0.25) is 5.88 Å². The van der Waals surface area contributed by atoms with E-state index in [2.05, 4.69) is 39.4 Å². The van der Waals surface area contributed by atoms with Gasteiger partial charge >= 0.3 is 0 Å². The number of pyridine rings is 1. The van der Waals surface area contributed by atoms with Crippen LogP contribution in [0.1, 0.15) is 38.3 Å². The summed E-state index contributed by atoms with van der Waals surface area (Å²) in [4.78, 5) is 9.21. The van der Waals surface area contributed by atoms with Crippen molar-refractivity contribution in [3.05, 3.63) is 36.2 Å². The fraction of sp³-hybridized carbons (Fsp3) is 0.400. The van der Waals surface area contributed by atoms with Crippen LogP contribution >= 0.6 is 0 Å². The van der Waals surface area contributed by atoms with Gasteiger partial charge in [-0.1, -0.05) is 0 Å². The molecule has 4 heterocycles. The minimum atomic E-state index is 0.184. The number of nitrogens with zero attached hydrogens (tertiary/aromatic N) is 8. The lowest BCUT2D eigenvalue weighted by Crippen LogP contribution is -2.08. The number of hydrogen-bond donors (Lipinski definition) is 1. The van der Waals surface area contributed by atoms with Gasteiger partial charge in [-0.3, -0.25) is 9.36 Å². The zero-order valence-corrected chi connectivity index (χ0v) is 17.8. The molecule has 0 unspecified atom stereocenters. The van der Waals surface area contributed by atoms with Gasteiger partial charge in [-0.2, -0.15) is 15.3 Å². The molecule has 0 saturated carbocycles. The van der Waals surface area contributed by atoms with Gasteiger partial charge < -0.3 is 10.1 Å². The quantitative estimate of drug-likeness (QED) is 0.498. The minimum absolute atomic E-state index is 0.184. The monoisotopic (exact) mass is 407 g/mol. The molecule has 0 amide bonds. The Labute approximate surface area is 174 Å². The smallest absolute Gasteiger partial charge is 0.242 e. The van der Waals surface area contributed by atoms with Gasteiger partial charge in [0, 0.05) is 13.1 Å². The van der Waals surface area contributed by atoms with Crippen LogP contribution in [0.4, 0.5) is 5.69 Å². The Morgan fingerprint density at radius 3 is 2.77 bits per heavy atom. The Morgan fingerprint density at radius 2 is 2.07 bits per heavy atom. The molecule has 0 atom stereocenters. The summed E-state index contributed by atoms with van der Waals surface area (Å²) in [5.41, 5.74) is 5.06. The van der Waals surface area contributed by atoms with E-state index in [9.17, 15) is 0 Å². The second-order valence-corrected chi connectivity index (χ2v) is 7.25. The lowest BCUT2D eigenvalue weighted by Gasteiger charge is -2.14. The third-order valence-corrected chi connectivity index (χ3v) is 4.64. The van der Waals surface area contributed by atoms with Crippen molar-refractivity contribution in [2.45, 2.75) is 40.3 Å². The molecule has 156 valence electrons. The van der Waals surface area contributed by atoms with Crippen molar-refractivity contribution in [1.29, 1.82) is 0 Å². The number of ether oxygens (including phenoxy) is 1. The molecule has 10 nitrogen and oxygen atoms in total. The molecular formula is C20H25N9O. The van der Waals surface area contributed by atoms with Crippen LogP contribution in [0.5, 0.6) is 5.88 Å². The highest BCUT2D eigenvalue weighted by molar-refractivity contribution is 5.93. The third-order valence-electron chi connectivity index (χ3n) is 4.64. The van der Waals surface area contributed by atoms with E-state index in [1.54, 1.807) is 17.2 Å². The Kier molecular flexibility index (Phi) is 5.30. The summed E-state index contributed by atoms with van der Waals surface area (Å²) >= 11 is 0. The van der Waals surface area contributed by atoms with Gasteiger partial charge in [-0.05, 0) is 39.8 Å². The van der Waals surface area contributed by atoms with Gasteiger partial charge in [-0.25, -0.2) is 9.97 Å². The molecule has 0 radical (unpaired) electrons. The fourth-order valence-electron chi connectivity index (χ4n) is 3.32. The molecule has 0 saturated heterocycles. The highest BCUT2D eigenvalue weighted by atomic mass is 16.5. The minimum Gasteiger partial charge on any atom is -0.476 e. The summed E-state index contributed by atoms with van der Waals surface area (Å²) < 4.78 is 9.35. The first-order valence-corrected chi connectivity index (χ1v) is 9.91. The largest absolute Gasteiger partial charge is 0.476 e. The highest BCUT2D eigenvalue weighted by Crippen LogP contribution is 2.34. The average molecular weight is 407 g/mol. The maximum Gasteiger partial charge on any atom is 0.242 e. The SMILES string of the molecule is CCOc1nnccc1-c1cc(NCc2ncn(C)n2)c2c(n1)c(C)nn2C(C)C. The summed E-state index contributed by atoms with van der Waals surface area (Å²) in [6, 6.07) is 4.03. The van der Waals surface area contributed by atoms with E-state index >= 15 is 0 Å². The van der Waals surface area contributed by atoms with Crippen LogP contribution in [0, 0.1) is 6.92 Å². The maximum atomic E-state index is 5.67. The topological polar surface area (TPSA) is 108 Å². The van der Waals surface area contributed by atoms with Crippen LogP contribution in [0.3, 0.4) is 0 Å². The zero-order chi connectivity index (χ0) is 21.3. The van der Waals surface area contributed by atoms with Crippen LogP contribution in [-0.2, 0) is 13.6 Å². The van der Waals surface area contributed by atoms with Crippen LogP contribution in [0.15, 0.2) is 24.7 Å². The number of fused-ring (bicyclic) bond motifs is 1. The van der Waals surface area contributed by atoms with Crippen molar-refractivity contribution in [2.75, 3.05) is 11.9 Å². The molecule has 0 bridgehead atoms. The van der Waals surface area contributed by atoms with E-state index in [1.807, 2.05) is 37.7 Å². The van der Waals surface area contributed by atoms with Crippen molar-refractivity contribution in [3.8, 4) is 17.1 Å². The maximum absolute atomic E-state index is 5.67. The first-order chi connectivity index (χ1) is 14.5. The van der Waals surface area contributed by atoms with E-state index in [4.69, 9.17) is 14.8 Å². The van der Waals surface area contributed by atoms with E-state index in [-0.39, 0.29) is 6.04 Å². The first-order valence-electron chi connectivity index (χ1n) is 9.91. The molecule has 4 rings (SSSR count). The number of aromatic nitrogens is 8. The van der Waals surface area contributed by atoms with E-state index in [0.717, 1.165) is 33.7 Å². The number of nitrogens with one attached hydrogen (secondary N) is 1. The summed E-state index contributed by atoms with van der Waals surface area (Å²) in [5, 5.41) is 20.6. The van der Waals surface area contributed by atoms with Gasteiger partial charge in [-0.15, -0.1) is 5.10 Å². The summed E-state index contributed by atoms with van der Waals surface area (Å²) in [6.45, 7) is 9.06. The fourth-order valence-corrected chi connectivity index (χ4v) is 3.32.